The van der Waals surface area contributed by atoms with Crippen LogP contribution in [0, 0.1) is 0 Å². The average Bonchev–Trinajstić information content (AvgIpc) is 3.06. The van der Waals surface area contributed by atoms with Crippen LogP contribution in [0.5, 0.6) is 0 Å². The molecule has 1 heterocycles. The Labute approximate surface area is 166 Å². The van der Waals surface area contributed by atoms with Crippen molar-refractivity contribution in [2.24, 2.45) is 4.99 Å². The van der Waals surface area contributed by atoms with E-state index in [0.29, 0.717) is 31.4 Å². The molecule has 9 nitrogen and oxygen atoms in total. The van der Waals surface area contributed by atoms with Gasteiger partial charge in [-0.15, -0.1) is 0 Å². The summed E-state index contributed by atoms with van der Waals surface area (Å²) >= 11 is 0. The van der Waals surface area contributed by atoms with Crippen LogP contribution in [0.3, 0.4) is 0 Å². The lowest BCUT2D eigenvalue weighted by Crippen LogP contribution is -2.54. The lowest BCUT2D eigenvalue weighted by Gasteiger charge is -2.29. The summed E-state index contributed by atoms with van der Waals surface area (Å²) in [6.07, 6.45) is 1.07. The first-order valence-electron chi connectivity index (χ1n) is 9.33. The first-order valence-corrected chi connectivity index (χ1v) is 9.33. The fourth-order valence-corrected chi connectivity index (χ4v) is 2.08. The van der Waals surface area contributed by atoms with Crippen molar-refractivity contribution in [2.45, 2.75) is 59.2 Å². The van der Waals surface area contributed by atoms with E-state index in [0.717, 1.165) is 0 Å². The minimum Gasteiger partial charge on any atom is -0.467 e. The molecular weight excluding hydrogens is 362 g/mol. The third-order valence-corrected chi connectivity index (χ3v) is 3.30. The molecule has 9 heteroatoms. The number of furan rings is 1. The van der Waals surface area contributed by atoms with Crippen LogP contribution < -0.4 is 21.3 Å². The van der Waals surface area contributed by atoms with Gasteiger partial charge in [0.2, 0.25) is 5.91 Å². The van der Waals surface area contributed by atoms with Crippen LogP contribution in [0.15, 0.2) is 27.8 Å². The van der Waals surface area contributed by atoms with E-state index in [4.69, 9.17) is 9.15 Å². The number of hydrogen-bond donors (Lipinski definition) is 4. The van der Waals surface area contributed by atoms with Gasteiger partial charge in [-0.2, -0.15) is 0 Å². The van der Waals surface area contributed by atoms with Gasteiger partial charge in [0.05, 0.1) is 18.3 Å². The molecule has 28 heavy (non-hydrogen) atoms. The van der Waals surface area contributed by atoms with Crippen LogP contribution >= 0.6 is 0 Å². The lowest BCUT2D eigenvalue weighted by atomic mass is 10.1. The molecule has 0 bridgehead atoms. The zero-order valence-electron chi connectivity index (χ0n) is 17.6. The van der Waals surface area contributed by atoms with Crippen molar-refractivity contribution in [3.8, 4) is 0 Å². The predicted octanol–water partition coefficient (Wildman–Crippen LogP) is 1.75. The van der Waals surface area contributed by atoms with Crippen LogP contribution in [-0.2, 0) is 16.1 Å². The van der Waals surface area contributed by atoms with Crippen molar-refractivity contribution in [1.29, 1.82) is 0 Å². The molecule has 1 aromatic rings. The molecule has 1 aromatic heterocycles. The number of nitrogens with one attached hydrogen (secondary N) is 4. The molecule has 2 amide bonds. The fourth-order valence-electron chi connectivity index (χ4n) is 2.08. The normalized spacial score (nSPS) is 12.3. The standard InChI is InChI=1S/C19H33N5O4/c1-7-20-16(22-12-15(25)21-11-14-9-8-10-27-14)23-13-19(5,6)24-17(26)28-18(2,3)4/h8-10H,7,11-13H2,1-6H3,(H,21,25)(H,24,26)(H2,20,22,23). The number of rotatable bonds is 8. The molecule has 0 aliphatic heterocycles. The Morgan fingerprint density at radius 2 is 1.86 bits per heavy atom. The minimum atomic E-state index is -0.583. The minimum absolute atomic E-state index is 0.0318. The topological polar surface area (TPSA) is 117 Å². The quantitative estimate of drug-likeness (QED) is 0.394. The summed E-state index contributed by atoms with van der Waals surface area (Å²) in [6.45, 7) is 12.4. The summed E-state index contributed by atoms with van der Waals surface area (Å²) in [6, 6.07) is 3.55. The van der Waals surface area contributed by atoms with Gasteiger partial charge in [0.1, 0.15) is 17.9 Å². The molecule has 0 aliphatic carbocycles. The van der Waals surface area contributed by atoms with Crippen molar-refractivity contribution in [3.05, 3.63) is 24.2 Å². The number of ether oxygens (including phenoxy) is 1. The monoisotopic (exact) mass is 395 g/mol. The number of carbonyl (C=O) groups is 2. The molecule has 0 fully saturated rings. The smallest absolute Gasteiger partial charge is 0.408 e. The summed E-state index contributed by atoms with van der Waals surface area (Å²) in [5, 5.41) is 11.7. The highest BCUT2D eigenvalue weighted by atomic mass is 16.6. The molecule has 0 atom stereocenters. The van der Waals surface area contributed by atoms with Gasteiger partial charge in [-0.25, -0.2) is 9.79 Å². The third kappa shape index (κ3) is 10.4. The number of amides is 2. The Kier molecular flexibility index (Phi) is 8.81. The van der Waals surface area contributed by atoms with E-state index in [2.05, 4.69) is 26.3 Å². The second-order valence-corrected chi connectivity index (χ2v) is 7.92. The molecule has 0 radical (unpaired) electrons. The maximum Gasteiger partial charge on any atom is 0.408 e. The van der Waals surface area contributed by atoms with Crippen LogP contribution in [0.4, 0.5) is 4.79 Å². The van der Waals surface area contributed by atoms with Gasteiger partial charge in [0, 0.05) is 13.1 Å². The van der Waals surface area contributed by atoms with Gasteiger partial charge in [-0.1, -0.05) is 0 Å². The largest absolute Gasteiger partial charge is 0.467 e. The summed E-state index contributed by atoms with van der Waals surface area (Å²) in [5.74, 6) is 0.937. The van der Waals surface area contributed by atoms with Gasteiger partial charge in [-0.05, 0) is 53.7 Å². The molecule has 0 spiro atoms. The number of hydrogen-bond acceptors (Lipinski definition) is 5. The maximum absolute atomic E-state index is 12.0. The van der Waals surface area contributed by atoms with Crippen molar-refractivity contribution in [2.75, 3.05) is 19.6 Å². The van der Waals surface area contributed by atoms with Crippen LogP contribution in [0.1, 0.15) is 47.3 Å². The lowest BCUT2D eigenvalue weighted by molar-refractivity contribution is -0.119. The number of carbonyl (C=O) groups excluding carboxylic acids is 2. The first-order chi connectivity index (χ1) is 13.0. The van der Waals surface area contributed by atoms with Crippen molar-refractivity contribution < 1.29 is 18.7 Å². The highest BCUT2D eigenvalue weighted by molar-refractivity contribution is 5.85. The summed E-state index contributed by atoms with van der Waals surface area (Å²) in [4.78, 5) is 28.2. The van der Waals surface area contributed by atoms with E-state index in [-0.39, 0.29) is 12.5 Å². The van der Waals surface area contributed by atoms with E-state index in [1.807, 2.05) is 41.5 Å². The van der Waals surface area contributed by atoms with Crippen LogP contribution in [0.2, 0.25) is 0 Å². The summed E-state index contributed by atoms with van der Waals surface area (Å²) in [5.41, 5.74) is -1.15. The Bertz CT molecular complexity index is 648. The Balaban J connectivity index is 2.49. The summed E-state index contributed by atoms with van der Waals surface area (Å²) in [7, 11) is 0. The van der Waals surface area contributed by atoms with E-state index < -0.39 is 17.2 Å². The molecule has 0 saturated carbocycles. The Morgan fingerprint density at radius 3 is 2.43 bits per heavy atom. The summed E-state index contributed by atoms with van der Waals surface area (Å²) < 4.78 is 10.4. The van der Waals surface area contributed by atoms with Gasteiger partial charge in [0.25, 0.3) is 0 Å². The molecule has 4 N–H and O–H groups in total. The number of aliphatic imine (C=N–C) groups is 1. The fraction of sp³-hybridized carbons (Fsp3) is 0.632. The maximum atomic E-state index is 12.0. The molecule has 0 aliphatic rings. The molecule has 1 rings (SSSR count). The van der Waals surface area contributed by atoms with Gasteiger partial charge >= 0.3 is 6.09 Å². The second kappa shape index (κ2) is 10.6. The number of alkyl carbamates (subject to hydrolysis) is 1. The Hall–Kier alpha value is -2.71. The van der Waals surface area contributed by atoms with Crippen LogP contribution in [0.25, 0.3) is 0 Å². The average molecular weight is 396 g/mol. The van der Waals surface area contributed by atoms with Gasteiger partial charge in [-0.3, -0.25) is 4.79 Å². The molecule has 0 aromatic carbocycles. The zero-order valence-corrected chi connectivity index (χ0v) is 17.6. The SMILES string of the molecule is CCNC(=NCC(=O)NCc1ccco1)NCC(C)(C)NC(=O)OC(C)(C)C. The molecule has 158 valence electrons. The highest BCUT2D eigenvalue weighted by Crippen LogP contribution is 2.09. The number of nitrogens with zero attached hydrogens (tertiary/aromatic N) is 1. The third-order valence-electron chi connectivity index (χ3n) is 3.30. The van der Waals surface area contributed by atoms with Crippen molar-refractivity contribution in [3.63, 3.8) is 0 Å². The van der Waals surface area contributed by atoms with Crippen molar-refractivity contribution in [1.82, 2.24) is 21.3 Å². The van der Waals surface area contributed by atoms with E-state index >= 15 is 0 Å². The molecular formula is C19H33N5O4. The van der Waals surface area contributed by atoms with E-state index in [9.17, 15) is 9.59 Å². The second-order valence-electron chi connectivity index (χ2n) is 7.92. The highest BCUT2D eigenvalue weighted by Gasteiger charge is 2.24. The van der Waals surface area contributed by atoms with E-state index in [1.165, 1.54) is 0 Å². The number of guanidine groups is 1. The first kappa shape index (κ1) is 23.3. The predicted molar refractivity (Wildman–Crippen MR) is 108 cm³/mol. The van der Waals surface area contributed by atoms with Crippen molar-refractivity contribution >= 4 is 18.0 Å². The molecule has 0 unspecified atom stereocenters. The Morgan fingerprint density at radius 1 is 1.14 bits per heavy atom. The molecule has 0 saturated heterocycles. The van der Waals surface area contributed by atoms with Gasteiger partial charge in [0.15, 0.2) is 5.96 Å². The van der Waals surface area contributed by atoms with Crippen LogP contribution in [-0.4, -0.2) is 48.7 Å². The zero-order chi connectivity index (χ0) is 21.2. The van der Waals surface area contributed by atoms with E-state index in [1.54, 1.807) is 18.4 Å². The van der Waals surface area contributed by atoms with Gasteiger partial charge < -0.3 is 30.4 Å².